The Hall–Kier alpha value is -1.55. The second kappa shape index (κ2) is 7.14. The average Bonchev–Trinajstić information content (AvgIpc) is 2.45. The molecule has 0 aliphatic heterocycles. The summed E-state index contributed by atoms with van der Waals surface area (Å²) >= 11 is 0. The van der Waals surface area contributed by atoms with Gasteiger partial charge in [-0.1, -0.05) is 32.4 Å². The summed E-state index contributed by atoms with van der Waals surface area (Å²) in [5.41, 5.74) is 6.92. The average molecular weight is 264 g/mol. The molecule has 0 aromatic heterocycles. The molecule has 0 spiro atoms. The van der Waals surface area contributed by atoms with E-state index in [9.17, 15) is 4.79 Å². The topological polar surface area (TPSA) is 64.4 Å². The molecule has 0 fully saturated rings. The molecule has 1 aromatic carbocycles. The van der Waals surface area contributed by atoms with Crippen molar-refractivity contribution in [3.05, 3.63) is 29.8 Å². The lowest BCUT2D eigenvalue weighted by Gasteiger charge is -2.21. The van der Waals surface area contributed by atoms with Gasteiger partial charge in [-0.2, -0.15) is 0 Å². The van der Waals surface area contributed by atoms with E-state index in [2.05, 4.69) is 5.32 Å². The highest BCUT2D eigenvalue weighted by Gasteiger charge is 2.21. The Kier molecular flexibility index (Phi) is 5.83. The van der Waals surface area contributed by atoms with E-state index >= 15 is 0 Å². The molecule has 0 heterocycles. The normalized spacial score (nSPS) is 15.4. The van der Waals surface area contributed by atoms with Gasteiger partial charge in [0.05, 0.1) is 19.2 Å². The van der Waals surface area contributed by atoms with E-state index in [1.165, 1.54) is 0 Å². The first-order valence-corrected chi connectivity index (χ1v) is 6.69. The van der Waals surface area contributed by atoms with Crippen molar-refractivity contribution in [3.8, 4) is 5.75 Å². The molecule has 0 saturated heterocycles. The van der Waals surface area contributed by atoms with E-state index in [0.717, 1.165) is 17.7 Å². The Bertz CT molecular complexity index is 420. The van der Waals surface area contributed by atoms with Crippen LogP contribution < -0.4 is 15.8 Å². The predicted molar refractivity (Wildman–Crippen MR) is 77.0 cm³/mol. The maximum Gasteiger partial charge on any atom is 0.237 e. The molecule has 1 aromatic rings. The van der Waals surface area contributed by atoms with Gasteiger partial charge in [0.2, 0.25) is 5.91 Å². The van der Waals surface area contributed by atoms with Crippen molar-refractivity contribution in [2.45, 2.75) is 39.3 Å². The molecule has 3 atom stereocenters. The molecule has 0 saturated carbocycles. The Morgan fingerprint density at radius 2 is 2.11 bits per heavy atom. The summed E-state index contributed by atoms with van der Waals surface area (Å²) in [6, 6.07) is 7.12. The quantitative estimate of drug-likeness (QED) is 0.828. The number of ether oxygens (including phenoxy) is 1. The first-order chi connectivity index (χ1) is 8.99. The van der Waals surface area contributed by atoms with Crippen LogP contribution in [0.25, 0.3) is 0 Å². The fourth-order valence-corrected chi connectivity index (χ4v) is 1.82. The van der Waals surface area contributed by atoms with Crippen molar-refractivity contribution >= 4 is 5.91 Å². The maximum atomic E-state index is 12.0. The number of rotatable bonds is 6. The van der Waals surface area contributed by atoms with E-state index in [1.54, 1.807) is 7.11 Å². The third-order valence-electron chi connectivity index (χ3n) is 3.51. The summed E-state index contributed by atoms with van der Waals surface area (Å²) in [5, 5.41) is 2.94. The SMILES string of the molecule is CCC(C)C(N)C(=O)N[C@@H](C)c1cccc(OC)c1. The van der Waals surface area contributed by atoms with Gasteiger partial charge < -0.3 is 15.8 Å². The van der Waals surface area contributed by atoms with Gasteiger partial charge in [0.15, 0.2) is 0 Å². The first-order valence-electron chi connectivity index (χ1n) is 6.69. The van der Waals surface area contributed by atoms with Crippen LogP contribution >= 0.6 is 0 Å². The lowest BCUT2D eigenvalue weighted by atomic mass is 9.98. The third kappa shape index (κ3) is 4.24. The smallest absolute Gasteiger partial charge is 0.237 e. The van der Waals surface area contributed by atoms with Crippen LogP contribution in [0.3, 0.4) is 0 Å². The lowest BCUT2D eigenvalue weighted by molar-refractivity contribution is -0.124. The predicted octanol–water partition coefficient (Wildman–Crippen LogP) is 2.25. The van der Waals surface area contributed by atoms with E-state index in [0.29, 0.717) is 0 Å². The van der Waals surface area contributed by atoms with Gasteiger partial charge in [0.1, 0.15) is 5.75 Å². The van der Waals surface area contributed by atoms with Crippen LogP contribution in [0.5, 0.6) is 5.75 Å². The van der Waals surface area contributed by atoms with Crippen LogP contribution in [0.15, 0.2) is 24.3 Å². The highest BCUT2D eigenvalue weighted by molar-refractivity contribution is 5.82. The van der Waals surface area contributed by atoms with Gasteiger partial charge in [-0.05, 0) is 30.5 Å². The number of hydrogen-bond donors (Lipinski definition) is 2. The summed E-state index contributed by atoms with van der Waals surface area (Å²) in [5.74, 6) is 0.854. The third-order valence-corrected chi connectivity index (χ3v) is 3.51. The van der Waals surface area contributed by atoms with Crippen molar-refractivity contribution in [2.75, 3.05) is 7.11 Å². The Balaban J connectivity index is 2.68. The Morgan fingerprint density at radius 3 is 2.68 bits per heavy atom. The highest BCUT2D eigenvalue weighted by Crippen LogP contribution is 2.19. The van der Waals surface area contributed by atoms with E-state index in [1.807, 2.05) is 45.0 Å². The molecule has 2 unspecified atom stereocenters. The zero-order valence-corrected chi connectivity index (χ0v) is 12.1. The van der Waals surface area contributed by atoms with Crippen LogP contribution in [0.1, 0.15) is 38.8 Å². The fourth-order valence-electron chi connectivity index (χ4n) is 1.82. The van der Waals surface area contributed by atoms with Crippen molar-refractivity contribution in [3.63, 3.8) is 0 Å². The summed E-state index contributed by atoms with van der Waals surface area (Å²) in [6.45, 7) is 5.96. The molecule has 0 aliphatic carbocycles. The zero-order chi connectivity index (χ0) is 14.4. The monoisotopic (exact) mass is 264 g/mol. The van der Waals surface area contributed by atoms with Crippen molar-refractivity contribution < 1.29 is 9.53 Å². The molecular formula is C15H24N2O2. The van der Waals surface area contributed by atoms with Crippen molar-refractivity contribution in [2.24, 2.45) is 11.7 Å². The fraction of sp³-hybridized carbons (Fsp3) is 0.533. The van der Waals surface area contributed by atoms with Gasteiger partial charge in [0.25, 0.3) is 0 Å². The number of benzene rings is 1. The minimum absolute atomic E-state index is 0.0855. The maximum absolute atomic E-state index is 12.0. The molecule has 0 bridgehead atoms. The highest BCUT2D eigenvalue weighted by atomic mass is 16.5. The van der Waals surface area contributed by atoms with Crippen LogP contribution in [0, 0.1) is 5.92 Å². The lowest BCUT2D eigenvalue weighted by Crippen LogP contribution is -2.45. The number of carbonyl (C=O) groups excluding carboxylic acids is 1. The van der Waals surface area contributed by atoms with E-state index in [4.69, 9.17) is 10.5 Å². The molecule has 1 amide bonds. The molecule has 106 valence electrons. The molecule has 4 nitrogen and oxygen atoms in total. The summed E-state index contributed by atoms with van der Waals surface area (Å²) in [4.78, 5) is 12.0. The van der Waals surface area contributed by atoms with Crippen LogP contribution in [0.2, 0.25) is 0 Å². The number of carbonyl (C=O) groups is 1. The largest absolute Gasteiger partial charge is 0.497 e. The van der Waals surface area contributed by atoms with E-state index in [-0.39, 0.29) is 17.9 Å². The number of nitrogens with one attached hydrogen (secondary N) is 1. The number of hydrogen-bond acceptors (Lipinski definition) is 3. The standard InChI is InChI=1S/C15H24N2O2/c1-5-10(2)14(16)15(18)17-11(3)12-7-6-8-13(9-12)19-4/h6-11,14H,5,16H2,1-4H3,(H,17,18)/t10?,11-,14?/m0/s1. The molecule has 3 N–H and O–H groups in total. The number of amides is 1. The summed E-state index contributed by atoms with van der Waals surface area (Å²) < 4.78 is 5.18. The van der Waals surface area contributed by atoms with Crippen molar-refractivity contribution in [1.29, 1.82) is 0 Å². The second-order valence-electron chi connectivity index (χ2n) is 4.92. The Morgan fingerprint density at radius 1 is 1.42 bits per heavy atom. The molecule has 0 radical (unpaired) electrons. The molecule has 19 heavy (non-hydrogen) atoms. The van der Waals surface area contributed by atoms with Crippen molar-refractivity contribution in [1.82, 2.24) is 5.32 Å². The molecule has 1 rings (SSSR count). The number of methoxy groups -OCH3 is 1. The summed E-state index contributed by atoms with van der Waals surface area (Å²) in [7, 11) is 1.63. The molecule has 0 aliphatic rings. The Labute approximate surface area is 115 Å². The minimum Gasteiger partial charge on any atom is -0.497 e. The minimum atomic E-state index is -0.460. The van der Waals surface area contributed by atoms with Crippen LogP contribution in [0.4, 0.5) is 0 Å². The van der Waals surface area contributed by atoms with E-state index < -0.39 is 6.04 Å². The molecular weight excluding hydrogens is 240 g/mol. The van der Waals surface area contributed by atoms with Gasteiger partial charge in [-0.15, -0.1) is 0 Å². The zero-order valence-electron chi connectivity index (χ0n) is 12.1. The van der Waals surface area contributed by atoms with Gasteiger partial charge >= 0.3 is 0 Å². The first kappa shape index (κ1) is 15.5. The van der Waals surface area contributed by atoms with Gasteiger partial charge in [-0.25, -0.2) is 0 Å². The van der Waals surface area contributed by atoms with Gasteiger partial charge in [0, 0.05) is 0 Å². The molecule has 4 heteroatoms. The van der Waals surface area contributed by atoms with Crippen LogP contribution in [-0.2, 0) is 4.79 Å². The second-order valence-corrected chi connectivity index (χ2v) is 4.92. The number of nitrogens with two attached hydrogens (primary N) is 1. The van der Waals surface area contributed by atoms with Crippen LogP contribution in [-0.4, -0.2) is 19.1 Å². The summed E-state index contributed by atoms with van der Waals surface area (Å²) in [6.07, 6.45) is 0.891. The van der Waals surface area contributed by atoms with Gasteiger partial charge in [-0.3, -0.25) is 4.79 Å².